The van der Waals surface area contributed by atoms with Gasteiger partial charge < -0.3 is 24.7 Å². The van der Waals surface area contributed by atoms with E-state index in [4.69, 9.17) is 16.2 Å². The lowest BCUT2D eigenvalue weighted by molar-refractivity contribution is -0.147. The van der Waals surface area contributed by atoms with Crippen molar-refractivity contribution in [3.63, 3.8) is 0 Å². The molecule has 0 saturated carbocycles. The molecule has 1 aliphatic heterocycles. The van der Waals surface area contributed by atoms with Crippen molar-refractivity contribution in [3.8, 4) is 0 Å². The van der Waals surface area contributed by atoms with E-state index in [0.717, 1.165) is 36.7 Å². The number of carbonyl (C=O) groups is 7. The van der Waals surface area contributed by atoms with E-state index in [1.807, 2.05) is 0 Å². The highest BCUT2D eigenvalue weighted by Crippen LogP contribution is 2.20. The van der Waals surface area contributed by atoms with Crippen LogP contribution in [0.25, 0.3) is 20.9 Å². The van der Waals surface area contributed by atoms with Crippen LogP contribution < -0.4 is 4.90 Å². The van der Waals surface area contributed by atoms with Gasteiger partial charge in [0, 0.05) is 62.2 Å². The van der Waals surface area contributed by atoms with E-state index < -0.39 is 67.6 Å². The monoisotopic (exact) mass is 625 g/mol. The van der Waals surface area contributed by atoms with Crippen molar-refractivity contribution in [1.82, 2.24) is 19.6 Å². The van der Waals surface area contributed by atoms with Crippen LogP contribution in [0.4, 0.5) is 5.69 Å². The van der Waals surface area contributed by atoms with Gasteiger partial charge in [0.25, 0.3) is 11.8 Å². The Hall–Kier alpha value is -5.93. The van der Waals surface area contributed by atoms with Crippen molar-refractivity contribution in [1.29, 1.82) is 0 Å². The second-order valence-corrected chi connectivity index (χ2v) is 9.62. The SMILES string of the molecule is CN(CC(=O)O)C(=O)CN(CCN=[N+]=[N-])C(=O)CN(C)C(=O)CN(CCN=[N+]=[N-])C(=O)Cc1ccc(N2C(=O)C=CC2=O)cc1. The molecule has 0 bridgehead atoms. The maximum absolute atomic E-state index is 13.1. The van der Waals surface area contributed by atoms with Gasteiger partial charge in [0.15, 0.2) is 0 Å². The van der Waals surface area contributed by atoms with Gasteiger partial charge in [-0.2, -0.15) is 0 Å². The number of rotatable bonds is 17. The number of likely N-dealkylation sites (N-methyl/N-ethyl adjacent to an activating group) is 2. The maximum Gasteiger partial charge on any atom is 0.323 e. The lowest BCUT2D eigenvalue weighted by atomic mass is 10.1. The number of carbonyl (C=O) groups excluding carboxylic acids is 6. The van der Waals surface area contributed by atoms with Crippen LogP contribution in [0.2, 0.25) is 0 Å². The highest BCUT2D eigenvalue weighted by atomic mass is 16.4. The summed E-state index contributed by atoms with van der Waals surface area (Å²) in [6.45, 7) is -2.74. The maximum atomic E-state index is 13.1. The number of hydrogen-bond acceptors (Lipinski definition) is 9. The van der Waals surface area contributed by atoms with E-state index in [-0.39, 0.29) is 32.6 Å². The first-order chi connectivity index (χ1) is 21.4. The zero-order valence-electron chi connectivity index (χ0n) is 24.6. The minimum absolute atomic E-state index is 0.111. The third-order valence-corrected chi connectivity index (χ3v) is 6.38. The molecule has 6 amide bonds. The highest BCUT2D eigenvalue weighted by Gasteiger charge is 2.26. The van der Waals surface area contributed by atoms with Crippen LogP contribution in [0.15, 0.2) is 46.6 Å². The summed E-state index contributed by atoms with van der Waals surface area (Å²) < 4.78 is 0. The quantitative estimate of drug-likeness (QED) is 0.106. The molecule has 1 aromatic carbocycles. The van der Waals surface area contributed by atoms with Crippen LogP contribution in [-0.2, 0) is 40.0 Å². The van der Waals surface area contributed by atoms with Gasteiger partial charge in [-0.05, 0) is 28.8 Å². The third kappa shape index (κ3) is 11.0. The van der Waals surface area contributed by atoms with Crippen molar-refractivity contribution in [2.75, 3.05) is 71.4 Å². The third-order valence-electron chi connectivity index (χ3n) is 6.38. The first kappa shape index (κ1) is 35.3. The molecule has 0 unspecified atom stereocenters. The molecule has 0 radical (unpaired) electrons. The van der Waals surface area contributed by atoms with Gasteiger partial charge in [-0.15, -0.1) is 0 Å². The molecular formula is C26H31N11O8. The summed E-state index contributed by atoms with van der Waals surface area (Å²) in [5, 5.41) is 15.7. The van der Waals surface area contributed by atoms with E-state index in [2.05, 4.69) is 20.1 Å². The second-order valence-electron chi connectivity index (χ2n) is 9.62. The smallest absolute Gasteiger partial charge is 0.323 e. The van der Waals surface area contributed by atoms with Crippen LogP contribution in [0.3, 0.4) is 0 Å². The summed E-state index contributed by atoms with van der Waals surface area (Å²) >= 11 is 0. The van der Waals surface area contributed by atoms with Crippen LogP contribution in [-0.4, -0.2) is 133 Å². The Bertz CT molecular complexity index is 1430. The summed E-state index contributed by atoms with van der Waals surface area (Å²) in [5.41, 5.74) is 18.0. The average Bonchev–Trinajstić information content (AvgIpc) is 3.33. The van der Waals surface area contributed by atoms with Crippen molar-refractivity contribution >= 4 is 47.1 Å². The van der Waals surface area contributed by atoms with Gasteiger partial charge in [-0.3, -0.25) is 33.6 Å². The first-order valence-electron chi connectivity index (χ1n) is 13.3. The minimum atomic E-state index is -1.26. The molecule has 0 aromatic heterocycles. The largest absolute Gasteiger partial charge is 0.480 e. The number of benzene rings is 1. The predicted molar refractivity (Wildman–Crippen MR) is 156 cm³/mol. The fourth-order valence-corrected chi connectivity index (χ4v) is 3.96. The molecule has 0 atom stereocenters. The van der Waals surface area contributed by atoms with Crippen molar-refractivity contribution in [3.05, 3.63) is 62.9 Å². The number of carboxylic acid groups (broad SMARTS) is 1. The number of anilines is 1. The number of nitrogens with zero attached hydrogens (tertiary/aromatic N) is 11. The lowest BCUT2D eigenvalue weighted by Gasteiger charge is -2.28. The Labute approximate surface area is 256 Å². The van der Waals surface area contributed by atoms with E-state index in [0.29, 0.717) is 11.3 Å². The lowest BCUT2D eigenvalue weighted by Crippen LogP contribution is -2.49. The Morgan fingerprint density at radius 1 is 0.733 bits per heavy atom. The molecule has 19 heteroatoms. The Kier molecular flexibility index (Phi) is 13.5. The van der Waals surface area contributed by atoms with E-state index in [1.165, 1.54) is 26.2 Å². The molecule has 1 aromatic rings. The van der Waals surface area contributed by atoms with E-state index in [1.54, 1.807) is 12.1 Å². The number of imide groups is 1. The van der Waals surface area contributed by atoms with Crippen molar-refractivity contribution < 1.29 is 38.7 Å². The van der Waals surface area contributed by atoms with Gasteiger partial charge in [0.1, 0.15) is 6.54 Å². The molecule has 2 rings (SSSR count). The van der Waals surface area contributed by atoms with Gasteiger partial charge >= 0.3 is 5.97 Å². The molecule has 0 spiro atoms. The first-order valence-corrected chi connectivity index (χ1v) is 13.3. The topological polar surface area (TPSA) is 253 Å². The molecule has 238 valence electrons. The predicted octanol–water partition coefficient (Wildman–Crippen LogP) is -0.0623. The summed E-state index contributed by atoms with van der Waals surface area (Å²) in [6.07, 6.45) is 2.11. The van der Waals surface area contributed by atoms with Gasteiger partial charge in [0.2, 0.25) is 23.6 Å². The molecule has 19 nitrogen and oxygen atoms in total. The fraction of sp³-hybridized carbons (Fsp3) is 0.423. The Morgan fingerprint density at radius 2 is 1.20 bits per heavy atom. The number of azide groups is 2. The zero-order valence-corrected chi connectivity index (χ0v) is 24.6. The van der Waals surface area contributed by atoms with Gasteiger partial charge in [0.05, 0.1) is 31.7 Å². The summed E-state index contributed by atoms with van der Waals surface area (Å²) in [4.78, 5) is 96.6. The van der Waals surface area contributed by atoms with Crippen molar-refractivity contribution in [2.24, 2.45) is 10.2 Å². The number of carboxylic acids is 1. The Balaban J connectivity index is 2.09. The van der Waals surface area contributed by atoms with Crippen LogP contribution >= 0.6 is 0 Å². The summed E-state index contributed by atoms with van der Waals surface area (Å²) in [7, 11) is 2.54. The molecule has 1 heterocycles. The van der Waals surface area contributed by atoms with Crippen LogP contribution in [0.5, 0.6) is 0 Å². The average molecular weight is 626 g/mol. The van der Waals surface area contributed by atoms with Gasteiger partial charge in [-0.25, -0.2) is 4.90 Å². The minimum Gasteiger partial charge on any atom is -0.480 e. The number of aliphatic carboxylic acids is 1. The molecule has 0 saturated heterocycles. The zero-order chi connectivity index (χ0) is 33.5. The van der Waals surface area contributed by atoms with Crippen molar-refractivity contribution in [2.45, 2.75) is 6.42 Å². The summed E-state index contributed by atoms with van der Waals surface area (Å²) in [6, 6.07) is 6.09. The number of hydrogen-bond donors (Lipinski definition) is 1. The molecular weight excluding hydrogens is 594 g/mol. The standard InChI is InChI=1S/C26H31N11O8/c1-33(14-25(43)36(12-10-30-32-28)16-24(42)34(2)17-26(44)45)23(41)15-35(11-9-29-31-27)22(40)13-18-3-5-19(6-4-18)37-20(38)7-8-21(37)39/h3-8H,9-17H2,1-2H3,(H,44,45). The molecule has 1 aliphatic rings. The number of amides is 6. The summed E-state index contributed by atoms with van der Waals surface area (Å²) in [5.74, 6) is -4.81. The second kappa shape index (κ2) is 17.3. The van der Waals surface area contributed by atoms with E-state index in [9.17, 15) is 33.6 Å². The molecule has 0 aliphatic carbocycles. The van der Waals surface area contributed by atoms with Gasteiger partial charge in [-0.1, -0.05) is 22.4 Å². The Morgan fingerprint density at radius 3 is 1.67 bits per heavy atom. The highest BCUT2D eigenvalue weighted by molar-refractivity contribution is 6.28. The fourth-order valence-electron chi connectivity index (χ4n) is 3.96. The normalized spacial score (nSPS) is 11.7. The van der Waals surface area contributed by atoms with Crippen LogP contribution in [0.1, 0.15) is 5.56 Å². The molecule has 45 heavy (non-hydrogen) atoms. The van der Waals surface area contributed by atoms with Crippen LogP contribution in [0, 0.1) is 0 Å². The van der Waals surface area contributed by atoms with E-state index >= 15 is 0 Å². The molecule has 0 fully saturated rings. The molecule has 1 N–H and O–H groups in total.